The molecule has 0 spiro atoms. The van der Waals surface area contributed by atoms with E-state index in [0.717, 1.165) is 18.7 Å². The largest absolute Gasteiger partial charge is 0.435 e. The molecular weight excluding hydrogens is 300 g/mol. The topological polar surface area (TPSA) is 49.2 Å². The van der Waals surface area contributed by atoms with Crippen LogP contribution in [0, 0.1) is 17.2 Å². The maximum atomic E-state index is 12.5. The van der Waals surface area contributed by atoms with Gasteiger partial charge in [-0.05, 0) is 37.5 Å². The highest BCUT2D eigenvalue weighted by Crippen LogP contribution is 2.37. The molecule has 4 nitrogen and oxygen atoms in total. The van der Waals surface area contributed by atoms with Crippen molar-refractivity contribution in [2.45, 2.75) is 32.9 Å². The number of nitriles is 1. The van der Waals surface area contributed by atoms with E-state index < -0.39 is 6.61 Å². The number of anilines is 1. The highest BCUT2D eigenvalue weighted by Gasteiger charge is 2.30. The minimum atomic E-state index is -2.88. The second-order valence-corrected chi connectivity index (χ2v) is 5.89. The number of pyridine rings is 1. The van der Waals surface area contributed by atoms with Gasteiger partial charge in [0, 0.05) is 24.2 Å². The first-order valence-electron chi connectivity index (χ1n) is 7.55. The molecule has 3 rings (SSSR count). The summed E-state index contributed by atoms with van der Waals surface area (Å²) in [5.41, 5.74) is 1.87. The first kappa shape index (κ1) is 15.5. The Balaban J connectivity index is 2.18. The van der Waals surface area contributed by atoms with Crippen molar-refractivity contribution >= 4 is 16.6 Å². The van der Waals surface area contributed by atoms with Gasteiger partial charge in [0.2, 0.25) is 0 Å². The van der Waals surface area contributed by atoms with E-state index in [1.807, 2.05) is 0 Å². The zero-order valence-electron chi connectivity index (χ0n) is 13.0. The van der Waals surface area contributed by atoms with Crippen LogP contribution >= 0.6 is 0 Å². The molecule has 2 aromatic rings. The van der Waals surface area contributed by atoms with E-state index in [9.17, 15) is 14.0 Å². The van der Waals surface area contributed by atoms with Gasteiger partial charge in [0.15, 0.2) is 0 Å². The van der Waals surface area contributed by atoms with Gasteiger partial charge in [-0.15, -0.1) is 0 Å². The molecule has 0 bridgehead atoms. The zero-order valence-corrected chi connectivity index (χ0v) is 13.0. The predicted octanol–water partition coefficient (Wildman–Crippen LogP) is 3.94. The standard InChI is InChI=1S/C17H17F2N3O/c1-10-5-6-22(11(10)2)16-12(8-20)9-21-15-4-3-13(7-14(15)16)23-17(18)19/h3-4,7,9-11,17H,5-6H2,1-2H3. The molecule has 23 heavy (non-hydrogen) atoms. The van der Waals surface area contributed by atoms with Crippen LogP contribution in [0.15, 0.2) is 24.4 Å². The van der Waals surface area contributed by atoms with E-state index >= 15 is 0 Å². The van der Waals surface area contributed by atoms with Crippen LogP contribution in [0.25, 0.3) is 10.9 Å². The van der Waals surface area contributed by atoms with E-state index in [1.165, 1.54) is 6.07 Å². The Bertz CT molecular complexity index is 772. The van der Waals surface area contributed by atoms with Crippen molar-refractivity contribution in [2.24, 2.45) is 5.92 Å². The molecule has 0 radical (unpaired) electrons. The van der Waals surface area contributed by atoms with Crippen molar-refractivity contribution in [1.82, 2.24) is 4.98 Å². The molecule has 2 heterocycles. The van der Waals surface area contributed by atoms with Crippen LogP contribution in [-0.2, 0) is 0 Å². The lowest BCUT2D eigenvalue weighted by molar-refractivity contribution is -0.0497. The van der Waals surface area contributed by atoms with Crippen LogP contribution in [0.2, 0.25) is 0 Å². The highest BCUT2D eigenvalue weighted by molar-refractivity contribution is 5.95. The maximum absolute atomic E-state index is 12.5. The summed E-state index contributed by atoms with van der Waals surface area (Å²) in [4.78, 5) is 6.42. The number of ether oxygens (including phenoxy) is 1. The summed E-state index contributed by atoms with van der Waals surface area (Å²) < 4.78 is 29.5. The molecule has 2 atom stereocenters. The van der Waals surface area contributed by atoms with E-state index in [1.54, 1.807) is 18.3 Å². The molecule has 1 aliphatic rings. The number of hydrogen-bond donors (Lipinski definition) is 0. The van der Waals surface area contributed by atoms with Crippen molar-refractivity contribution in [3.8, 4) is 11.8 Å². The van der Waals surface area contributed by atoms with E-state index in [4.69, 9.17) is 0 Å². The van der Waals surface area contributed by atoms with Crippen LogP contribution in [0.3, 0.4) is 0 Å². The Kier molecular flexibility index (Phi) is 4.03. The lowest BCUT2D eigenvalue weighted by Crippen LogP contribution is -2.30. The molecule has 0 N–H and O–H groups in total. The second kappa shape index (κ2) is 5.99. The number of fused-ring (bicyclic) bond motifs is 1. The van der Waals surface area contributed by atoms with Gasteiger partial charge in [0.25, 0.3) is 0 Å². The number of aromatic nitrogens is 1. The van der Waals surface area contributed by atoms with Crippen molar-refractivity contribution in [3.63, 3.8) is 0 Å². The van der Waals surface area contributed by atoms with Gasteiger partial charge in [-0.3, -0.25) is 4.98 Å². The van der Waals surface area contributed by atoms with Crippen molar-refractivity contribution in [1.29, 1.82) is 5.26 Å². The molecule has 120 valence electrons. The lowest BCUT2D eigenvalue weighted by Gasteiger charge is -2.27. The zero-order chi connectivity index (χ0) is 16.6. The Morgan fingerprint density at radius 2 is 2.17 bits per heavy atom. The smallest absolute Gasteiger partial charge is 0.387 e. The molecule has 1 fully saturated rings. The number of hydrogen-bond acceptors (Lipinski definition) is 4. The quantitative estimate of drug-likeness (QED) is 0.860. The van der Waals surface area contributed by atoms with E-state index in [0.29, 0.717) is 22.4 Å². The summed E-state index contributed by atoms with van der Waals surface area (Å²) in [5.74, 6) is 0.579. The van der Waals surface area contributed by atoms with Crippen molar-refractivity contribution < 1.29 is 13.5 Å². The van der Waals surface area contributed by atoms with Gasteiger partial charge < -0.3 is 9.64 Å². The molecule has 0 aliphatic carbocycles. The summed E-state index contributed by atoms with van der Waals surface area (Å²) in [7, 11) is 0. The third-order valence-electron chi connectivity index (χ3n) is 4.58. The minimum absolute atomic E-state index is 0.0746. The third kappa shape index (κ3) is 2.79. The number of rotatable bonds is 3. The van der Waals surface area contributed by atoms with Gasteiger partial charge in [-0.1, -0.05) is 6.92 Å². The summed E-state index contributed by atoms with van der Waals surface area (Å²) in [6.45, 7) is 2.24. The predicted molar refractivity (Wildman–Crippen MR) is 83.7 cm³/mol. The Labute approximate surface area is 133 Å². The minimum Gasteiger partial charge on any atom is -0.435 e. The van der Waals surface area contributed by atoms with E-state index in [2.05, 4.69) is 34.5 Å². The fourth-order valence-electron chi connectivity index (χ4n) is 3.14. The molecule has 0 saturated carbocycles. The summed E-state index contributed by atoms with van der Waals surface area (Å²) >= 11 is 0. The molecule has 0 amide bonds. The molecule has 1 aromatic heterocycles. The van der Waals surface area contributed by atoms with Gasteiger partial charge in [0.1, 0.15) is 11.8 Å². The number of benzene rings is 1. The fraction of sp³-hybridized carbons (Fsp3) is 0.412. The molecular formula is C17H17F2N3O. The van der Waals surface area contributed by atoms with Gasteiger partial charge in [-0.2, -0.15) is 14.0 Å². The van der Waals surface area contributed by atoms with Crippen molar-refractivity contribution in [3.05, 3.63) is 30.0 Å². The molecule has 1 saturated heterocycles. The van der Waals surface area contributed by atoms with Crippen LogP contribution in [0.4, 0.5) is 14.5 Å². The number of nitrogens with zero attached hydrogens (tertiary/aromatic N) is 3. The maximum Gasteiger partial charge on any atom is 0.387 e. The Morgan fingerprint density at radius 3 is 2.78 bits per heavy atom. The average molecular weight is 317 g/mol. The van der Waals surface area contributed by atoms with Crippen LogP contribution < -0.4 is 9.64 Å². The SMILES string of the molecule is CC1CCN(c2c(C#N)cnc3ccc(OC(F)F)cc23)C1C. The number of halogens is 2. The third-order valence-corrected chi connectivity index (χ3v) is 4.58. The van der Waals surface area contributed by atoms with Crippen LogP contribution in [0.5, 0.6) is 5.75 Å². The second-order valence-electron chi connectivity index (χ2n) is 5.89. The van der Waals surface area contributed by atoms with Gasteiger partial charge in [-0.25, -0.2) is 0 Å². The summed E-state index contributed by atoms with van der Waals surface area (Å²) in [6.07, 6.45) is 2.57. The Hall–Kier alpha value is -2.42. The normalized spacial score (nSPS) is 21.0. The first-order valence-corrected chi connectivity index (χ1v) is 7.55. The molecule has 1 aromatic carbocycles. The Morgan fingerprint density at radius 1 is 1.39 bits per heavy atom. The monoisotopic (exact) mass is 317 g/mol. The highest BCUT2D eigenvalue weighted by atomic mass is 19.3. The average Bonchev–Trinajstić information content (AvgIpc) is 2.85. The van der Waals surface area contributed by atoms with Gasteiger partial charge in [0.05, 0.1) is 16.8 Å². The van der Waals surface area contributed by atoms with Crippen molar-refractivity contribution in [2.75, 3.05) is 11.4 Å². The summed E-state index contributed by atoms with van der Waals surface area (Å²) in [6, 6.07) is 7.09. The molecule has 1 aliphatic heterocycles. The fourth-order valence-corrected chi connectivity index (χ4v) is 3.14. The molecule has 2 unspecified atom stereocenters. The van der Waals surface area contributed by atoms with Crippen LogP contribution in [-0.4, -0.2) is 24.2 Å². The van der Waals surface area contributed by atoms with Crippen LogP contribution in [0.1, 0.15) is 25.8 Å². The first-order chi connectivity index (χ1) is 11.0. The van der Waals surface area contributed by atoms with Gasteiger partial charge >= 0.3 is 6.61 Å². The summed E-state index contributed by atoms with van der Waals surface area (Å²) in [5, 5.41) is 10.1. The lowest BCUT2D eigenvalue weighted by atomic mass is 10.0. The number of alkyl halides is 2. The van der Waals surface area contributed by atoms with E-state index in [-0.39, 0.29) is 11.8 Å². The molecule has 6 heteroatoms.